The van der Waals surface area contributed by atoms with Gasteiger partial charge < -0.3 is 5.73 Å². The van der Waals surface area contributed by atoms with Crippen molar-refractivity contribution in [2.24, 2.45) is 0 Å². The maximum atomic E-state index is 6.18. The maximum Gasteiger partial charge on any atom is 0.180 e. The first kappa shape index (κ1) is 13.7. The van der Waals surface area contributed by atoms with E-state index in [1.165, 1.54) is 11.3 Å². The quantitative estimate of drug-likeness (QED) is 0.898. The van der Waals surface area contributed by atoms with Gasteiger partial charge in [0.05, 0.1) is 5.69 Å². The van der Waals surface area contributed by atoms with Crippen LogP contribution in [0.25, 0.3) is 0 Å². The van der Waals surface area contributed by atoms with Gasteiger partial charge in [-0.3, -0.25) is 0 Å². The van der Waals surface area contributed by atoms with Crippen LogP contribution in [-0.2, 0) is 12.8 Å². The smallest absolute Gasteiger partial charge is 0.180 e. The third-order valence-corrected chi connectivity index (χ3v) is 4.32. The maximum absolute atomic E-state index is 6.18. The van der Waals surface area contributed by atoms with Gasteiger partial charge in [0.2, 0.25) is 0 Å². The molecule has 2 nitrogen and oxygen atoms in total. The number of benzene rings is 1. The van der Waals surface area contributed by atoms with Crippen molar-refractivity contribution >= 4 is 39.7 Å². The van der Waals surface area contributed by atoms with E-state index in [-0.39, 0.29) is 0 Å². The van der Waals surface area contributed by atoms with Crippen LogP contribution in [0, 0.1) is 0 Å². The van der Waals surface area contributed by atoms with Crippen LogP contribution in [0.3, 0.4) is 0 Å². The average Bonchev–Trinajstić information content (AvgIpc) is 2.65. The molecule has 0 amide bonds. The number of rotatable bonds is 4. The van der Waals surface area contributed by atoms with Crippen LogP contribution in [0.15, 0.2) is 18.2 Å². The predicted molar refractivity (Wildman–Crippen MR) is 79.8 cm³/mol. The highest BCUT2D eigenvalue weighted by Gasteiger charge is 2.13. The van der Waals surface area contributed by atoms with Crippen molar-refractivity contribution in [2.45, 2.75) is 26.2 Å². The Balaban J connectivity index is 2.33. The summed E-state index contributed by atoms with van der Waals surface area (Å²) in [5, 5.41) is 1.99. The van der Waals surface area contributed by atoms with Gasteiger partial charge in [0.1, 0.15) is 0 Å². The van der Waals surface area contributed by atoms with Crippen molar-refractivity contribution in [3.05, 3.63) is 44.4 Å². The summed E-state index contributed by atoms with van der Waals surface area (Å²) in [6, 6.07) is 5.56. The molecule has 1 aromatic carbocycles. The van der Waals surface area contributed by atoms with Gasteiger partial charge in [-0.2, -0.15) is 0 Å². The fraction of sp³-hybridized carbons (Fsp3) is 0.308. The monoisotopic (exact) mass is 300 g/mol. The number of anilines is 1. The van der Waals surface area contributed by atoms with Gasteiger partial charge in [-0.1, -0.05) is 42.6 Å². The minimum atomic E-state index is 0.608. The predicted octanol–water partition coefficient (Wildman–Crippen LogP) is 4.58. The first-order valence-electron chi connectivity index (χ1n) is 5.78. The number of nitrogens with zero attached hydrogens (tertiary/aromatic N) is 1. The minimum absolute atomic E-state index is 0.608. The number of nitrogens with two attached hydrogens (primary N) is 1. The first-order valence-corrected chi connectivity index (χ1v) is 7.36. The zero-order valence-electron chi connectivity index (χ0n) is 10.0. The lowest BCUT2D eigenvalue weighted by Crippen LogP contribution is -1.94. The summed E-state index contributed by atoms with van der Waals surface area (Å²) < 4.78 is 0. The third kappa shape index (κ3) is 2.97. The summed E-state index contributed by atoms with van der Waals surface area (Å²) in [5.74, 6) is 0. The van der Waals surface area contributed by atoms with Crippen LogP contribution in [0.1, 0.15) is 29.5 Å². The highest BCUT2D eigenvalue weighted by atomic mass is 35.5. The zero-order chi connectivity index (χ0) is 13.1. The highest BCUT2D eigenvalue weighted by Crippen LogP contribution is 2.31. The van der Waals surface area contributed by atoms with Crippen LogP contribution in [0.5, 0.6) is 0 Å². The zero-order valence-corrected chi connectivity index (χ0v) is 12.4. The SMILES string of the molecule is CCCc1nc(N)sc1Cc1c(Cl)cccc1Cl. The fourth-order valence-corrected chi connectivity index (χ4v) is 3.26. The minimum Gasteiger partial charge on any atom is -0.375 e. The van der Waals surface area contributed by atoms with Gasteiger partial charge in [-0.25, -0.2) is 4.98 Å². The van der Waals surface area contributed by atoms with Crippen molar-refractivity contribution < 1.29 is 0 Å². The Morgan fingerprint density at radius 3 is 2.56 bits per heavy atom. The Kier molecular flexibility index (Phi) is 4.49. The normalized spacial score (nSPS) is 10.8. The van der Waals surface area contributed by atoms with Crippen LogP contribution in [0.2, 0.25) is 10.0 Å². The van der Waals surface area contributed by atoms with Crippen LogP contribution in [-0.4, -0.2) is 4.98 Å². The van der Waals surface area contributed by atoms with E-state index in [4.69, 9.17) is 28.9 Å². The standard InChI is InChI=1S/C13H14Cl2N2S/c1-2-4-11-12(18-13(16)17-11)7-8-9(14)5-3-6-10(8)15/h3,5-6H,2,4,7H2,1H3,(H2,16,17). The molecular weight excluding hydrogens is 287 g/mol. The van der Waals surface area contributed by atoms with E-state index in [1.807, 2.05) is 18.2 Å². The molecule has 0 spiro atoms. The Morgan fingerprint density at radius 1 is 1.28 bits per heavy atom. The number of thiazole rings is 1. The average molecular weight is 301 g/mol. The van der Waals surface area contributed by atoms with E-state index in [1.54, 1.807) is 0 Å². The molecule has 0 aliphatic rings. The molecule has 2 N–H and O–H groups in total. The van der Waals surface area contributed by atoms with Crippen LogP contribution >= 0.6 is 34.5 Å². The molecule has 0 radical (unpaired) electrons. The molecule has 1 heterocycles. The molecular formula is C13H14Cl2N2S. The number of aryl methyl sites for hydroxylation is 1. The van der Waals surface area contributed by atoms with Gasteiger partial charge in [-0.05, 0) is 24.1 Å². The molecule has 0 saturated carbocycles. The Morgan fingerprint density at radius 2 is 1.94 bits per heavy atom. The topological polar surface area (TPSA) is 38.9 Å². The number of halogens is 2. The van der Waals surface area contributed by atoms with Crippen molar-refractivity contribution in [1.29, 1.82) is 0 Å². The largest absolute Gasteiger partial charge is 0.375 e. The van der Waals surface area contributed by atoms with E-state index in [9.17, 15) is 0 Å². The second kappa shape index (κ2) is 5.91. The van der Waals surface area contributed by atoms with Gasteiger partial charge >= 0.3 is 0 Å². The summed E-state index contributed by atoms with van der Waals surface area (Å²) in [6.07, 6.45) is 2.68. The Hall–Kier alpha value is -0.770. The number of hydrogen-bond acceptors (Lipinski definition) is 3. The van der Waals surface area contributed by atoms with E-state index < -0.39 is 0 Å². The van der Waals surface area contributed by atoms with Crippen LogP contribution in [0.4, 0.5) is 5.13 Å². The first-order chi connectivity index (χ1) is 8.61. The van der Waals surface area contributed by atoms with Crippen molar-refractivity contribution in [2.75, 3.05) is 5.73 Å². The van der Waals surface area contributed by atoms with Crippen molar-refractivity contribution in [1.82, 2.24) is 4.98 Å². The molecule has 2 rings (SSSR count). The highest BCUT2D eigenvalue weighted by molar-refractivity contribution is 7.15. The molecule has 0 bridgehead atoms. The van der Waals surface area contributed by atoms with Crippen LogP contribution < -0.4 is 5.73 Å². The van der Waals surface area contributed by atoms with Gasteiger partial charge in [0, 0.05) is 21.3 Å². The third-order valence-electron chi connectivity index (χ3n) is 2.68. The number of hydrogen-bond donors (Lipinski definition) is 1. The summed E-state index contributed by atoms with van der Waals surface area (Å²) in [6.45, 7) is 2.13. The summed E-state index contributed by atoms with van der Waals surface area (Å²) in [5.41, 5.74) is 7.79. The van der Waals surface area contributed by atoms with Crippen molar-refractivity contribution in [3.8, 4) is 0 Å². The second-order valence-electron chi connectivity index (χ2n) is 4.05. The Labute approximate surface area is 121 Å². The lowest BCUT2D eigenvalue weighted by Gasteiger charge is -2.06. The van der Waals surface area contributed by atoms with Gasteiger partial charge in [0.25, 0.3) is 0 Å². The molecule has 0 unspecified atom stereocenters. The van der Waals surface area contributed by atoms with E-state index in [0.717, 1.165) is 29.0 Å². The molecule has 0 saturated heterocycles. The van der Waals surface area contributed by atoms with Gasteiger partial charge in [-0.15, -0.1) is 11.3 Å². The van der Waals surface area contributed by atoms with E-state index >= 15 is 0 Å². The summed E-state index contributed by atoms with van der Waals surface area (Å²) >= 11 is 13.9. The number of aromatic nitrogens is 1. The summed E-state index contributed by atoms with van der Waals surface area (Å²) in [4.78, 5) is 5.52. The van der Waals surface area contributed by atoms with E-state index in [0.29, 0.717) is 21.6 Å². The molecule has 1 aromatic heterocycles. The van der Waals surface area contributed by atoms with Gasteiger partial charge in [0.15, 0.2) is 5.13 Å². The molecule has 18 heavy (non-hydrogen) atoms. The molecule has 0 aliphatic heterocycles. The molecule has 5 heteroatoms. The molecule has 0 atom stereocenters. The second-order valence-corrected chi connectivity index (χ2v) is 5.98. The van der Waals surface area contributed by atoms with Crippen molar-refractivity contribution in [3.63, 3.8) is 0 Å². The summed E-state index contributed by atoms with van der Waals surface area (Å²) in [7, 11) is 0. The molecule has 96 valence electrons. The Bertz CT molecular complexity index is 532. The fourth-order valence-electron chi connectivity index (χ4n) is 1.84. The molecule has 0 aliphatic carbocycles. The molecule has 2 aromatic rings. The van der Waals surface area contributed by atoms with E-state index in [2.05, 4.69) is 11.9 Å². The lowest BCUT2D eigenvalue weighted by molar-refractivity contribution is 0.879. The molecule has 0 fully saturated rings. The lowest BCUT2D eigenvalue weighted by atomic mass is 10.1. The number of nitrogen functional groups attached to an aromatic ring is 1.